The first-order valence-electron chi connectivity index (χ1n) is 9.80. The number of anilines is 1. The SMILES string of the molecule is Cc1ccc(S(=O)(=O)N2CCCC2C(=O)OCC(=O)Nc2cc(C)cc(C)c2)cc1. The van der Waals surface area contributed by atoms with Gasteiger partial charge in [-0.3, -0.25) is 9.59 Å². The lowest BCUT2D eigenvalue weighted by Crippen LogP contribution is -2.42. The van der Waals surface area contributed by atoms with Crippen LogP contribution in [0, 0.1) is 20.8 Å². The zero-order valence-electron chi connectivity index (χ0n) is 17.3. The number of aryl methyl sites for hydroxylation is 3. The van der Waals surface area contributed by atoms with Crippen LogP contribution in [0.25, 0.3) is 0 Å². The lowest BCUT2D eigenvalue weighted by molar-refractivity contribution is -0.150. The molecule has 7 nitrogen and oxygen atoms in total. The minimum Gasteiger partial charge on any atom is -0.454 e. The van der Waals surface area contributed by atoms with E-state index >= 15 is 0 Å². The highest BCUT2D eigenvalue weighted by atomic mass is 32.2. The van der Waals surface area contributed by atoms with E-state index in [1.165, 1.54) is 16.4 Å². The Labute approximate surface area is 177 Å². The number of nitrogens with one attached hydrogen (secondary N) is 1. The van der Waals surface area contributed by atoms with E-state index in [9.17, 15) is 18.0 Å². The van der Waals surface area contributed by atoms with E-state index in [0.717, 1.165) is 16.7 Å². The van der Waals surface area contributed by atoms with Gasteiger partial charge in [-0.25, -0.2) is 8.42 Å². The molecular formula is C22H26N2O5S. The van der Waals surface area contributed by atoms with Crippen LogP contribution in [0.15, 0.2) is 47.4 Å². The molecule has 0 saturated carbocycles. The summed E-state index contributed by atoms with van der Waals surface area (Å²) in [5.41, 5.74) is 3.58. The highest BCUT2D eigenvalue weighted by Crippen LogP contribution is 2.27. The zero-order chi connectivity index (χ0) is 21.9. The van der Waals surface area contributed by atoms with Gasteiger partial charge < -0.3 is 10.1 Å². The van der Waals surface area contributed by atoms with Crippen molar-refractivity contribution in [1.82, 2.24) is 4.31 Å². The van der Waals surface area contributed by atoms with E-state index in [2.05, 4.69) is 5.32 Å². The predicted octanol–water partition coefficient (Wildman–Crippen LogP) is 2.95. The molecule has 3 rings (SSSR count). The summed E-state index contributed by atoms with van der Waals surface area (Å²) in [6.45, 7) is 5.48. The number of ether oxygens (including phenoxy) is 1. The molecule has 0 aromatic heterocycles. The van der Waals surface area contributed by atoms with Crippen LogP contribution in [-0.4, -0.2) is 43.8 Å². The maximum Gasteiger partial charge on any atom is 0.324 e. The quantitative estimate of drug-likeness (QED) is 0.712. The van der Waals surface area contributed by atoms with E-state index < -0.39 is 34.5 Å². The van der Waals surface area contributed by atoms with Crippen LogP contribution in [0.3, 0.4) is 0 Å². The number of amides is 1. The number of carbonyl (C=O) groups excluding carboxylic acids is 2. The van der Waals surface area contributed by atoms with Crippen molar-refractivity contribution in [3.63, 3.8) is 0 Å². The van der Waals surface area contributed by atoms with E-state index in [1.807, 2.05) is 39.0 Å². The molecule has 0 aliphatic carbocycles. The first-order valence-corrected chi connectivity index (χ1v) is 11.2. The van der Waals surface area contributed by atoms with Gasteiger partial charge in [0.1, 0.15) is 6.04 Å². The topological polar surface area (TPSA) is 92.8 Å². The second-order valence-electron chi connectivity index (χ2n) is 7.62. The molecule has 1 unspecified atom stereocenters. The van der Waals surface area contributed by atoms with Gasteiger partial charge in [-0.05, 0) is 69.0 Å². The predicted molar refractivity (Wildman–Crippen MR) is 114 cm³/mol. The average molecular weight is 431 g/mol. The Balaban J connectivity index is 1.63. The van der Waals surface area contributed by atoms with Crippen molar-refractivity contribution in [3.8, 4) is 0 Å². The Bertz CT molecular complexity index is 1030. The Morgan fingerprint density at radius 3 is 2.30 bits per heavy atom. The normalized spacial score (nSPS) is 17.0. The van der Waals surface area contributed by atoms with Crippen LogP contribution in [0.1, 0.15) is 29.5 Å². The molecule has 1 saturated heterocycles. The Hall–Kier alpha value is -2.71. The summed E-state index contributed by atoms with van der Waals surface area (Å²) >= 11 is 0. The molecule has 30 heavy (non-hydrogen) atoms. The second-order valence-corrected chi connectivity index (χ2v) is 9.51. The molecule has 160 valence electrons. The minimum absolute atomic E-state index is 0.139. The van der Waals surface area contributed by atoms with Crippen LogP contribution in [-0.2, 0) is 24.3 Å². The van der Waals surface area contributed by atoms with Crippen LogP contribution in [0.2, 0.25) is 0 Å². The molecule has 1 heterocycles. The summed E-state index contributed by atoms with van der Waals surface area (Å²) < 4.78 is 32.2. The first kappa shape index (κ1) is 22.0. The number of rotatable bonds is 6. The lowest BCUT2D eigenvalue weighted by Gasteiger charge is -2.22. The highest BCUT2D eigenvalue weighted by Gasteiger charge is 2.40. The number of sulfonamides is 1. The van der Waals surface area contributed by atoms with Crippen LogP contribution in [0.4, 0.5) is 5.69 Å². The summed E-state index contributed by atoms with van der Waals surface area (Å²) in [5.74, 6) is -1.18. The maximum absolute atomic E-state index is 12.9. The molecule has 1 fully saturated rings. The molecule has 1 N–H and O–H groups in total. The lowest BCUT2D eigenvalue weighted by atomic mass is 10.1. The average Bonchev–Trinajstić information content (AvgIpc) is 3.16. The summed E-state index contributed by atoms with van der Waals surface area (Å²) in [4.78, 5) is 24.8. The highest BCUT2D eigenvalue weighted by molar-refractivity contribution is 7.89. The number of carbonyl (C=O) groups is 2. The van der Waals surface area contributed by atoms with Gasteiger partial charge in [-0.2, -0.15) is 4.31 Å². The smallest absolute Gasteiger partial charge is 0.324 e. The number of benzene rings is 2. The van der Waals surface area contributed by atoms with Crippen molar-refractivity contribution < 1.29 is 22.7 Å². The molecule has 0 radical (unpaired) electrons. The van der Waals surface area contributed by atoms with Crippen molar-refractivity contribution in [1.29, 1.82) is 0 Å². The molecule has 1 atom stereocenters. The van der Waals surface area contributed by atoms with Gasteiger partial charge >= 0.3 is 5.97 Å². The number of hydrogen-bond acceptors (Lipinski definition) is 5. The standard InChI is InChI=1S/C22H26N2O5S/c1-15-6-8-19(9-7-15)30(27,28)24-10-4-5-20(24)22(26)29-14-21(25)23-18-12-16(2)11-17(3)13-18/h6-9,11-13,20H,4-5,10,14H2,1-3H3,(H,23,25). The summed E-state index contributed by atoms with van der Waals surface area (Å²) in [5, 5.41) is 2.69. The summed E-state index contributed by atoms with van der Waals surface area (Å²) in [6.07, 6.45) is 0.919. The fourth-order valence-electron chi connectivity index (χ4n) is 3.59. The van der Waals surface area contributed by atoms with E-state index in [4.69, 9.17) is 4.74 Å². The summed E-state index contributed by atoms with van der Waals surface area (Å²) in [7, 11) is -3.81. The number of nitrogens with zero attached hydrogens (tertiary/aromatic N) is 1. The second kappa shape index (κ2) is 8.97. The third-order valence-corrected chi connectivity index (χ3v) is 6.88. The van der Waals surface area contributed by atoms with Gasteiger partial charge in [0.25, 0.3) is 5.91 Å². The van der Waals surface area contributed by atoms with Crippen molar-refractivity contribution in [3.05, 3.63) is 59.2 Å². The number of esters is 1. The molecule has 2 aromatic rings. The molecule has 1 aliphatic rings. The van der Waals surface area contributed by atoms with Crippen molar-refractivity contribution >= 4 is 27.6 Å². The Morgan fingerprint density at radius 2 is 1.67 bits per heavy atom. The Kier molecular flexibility index (Phi) is 6.58. The van der Waals surface area contributed by atoms with Crippen LogP contribution < -0.4 is 5.32 Å². The van der Waals surface area contributed by atoms with Crippen molar-refractivity contribution in [2.75, 3.05) is 18.5 Å². The van der Waals surface area contributed by atoms with Crippen molar-refractivity contribution in [2.24, 2.45) is 0 Å². The fourth-order valence-corrected chi connectivity index (χ4v) is 5.23. The largest absolute Gasteiger partial charge is 0.454 e. The van der Waals surface area contributed by atoms with Gasteiger partial charge in [-0.1, -0.05) is 23.8 Å². The third-order valence-electron chi connectivity index (χ3n) is 4.95. The molecule has 0 bridgehead atoms. The summed E-state index contributed by atoms with van der Waals surface area (Å²) in [6, 6.07) is 11.2. The van der Waals surface area contributed by atoms with E-state index in [0.29, 0.717) is 18.5 Å². The van der Waals surface area contributed by atoms with Gasteiger partial charge in [-0.15, -0.1) is 0 Å². The zero-order valence-corrected chi connectivity index (χ0v) is 18.2. The van der Waals surface area contributed by atoms with E-state index in [1.54, 1.807) is 12.1 Å². The monoisotopic (exact) mass is 430 g/mol. The van der Waals surface area contributed by atoms with E-state index in [-0.39, 0.29) is 11.4 Å². The minimum atomic E-state index is -3.81. The molecule has 2 aromatic carbocycles. The van der Waals surface area contributed by atoms with Gasteiger partial charge in [0, 0.05) is 12.2 Å². The fraction of sp³-hybridized carbons (Fsp3) is 0.364. The van der Waals surface area contributed by atoms with Gasteiger partial charge in [0.2, 0.25) is 10.0 Å². The molecule has 1 amide bonds. The van der Waals surface area contributed by atoms with Crippen molar-refractivity contribution in [2.45, 2.75) is 44.6 Å². The first-order chi connectivity index (χ1) is 14.2. The van der Waals surface area contributed by atoms with Crippen LogP contribution >= 0.6 is 0 Å². The van der Waals surface area contributed by atoms with Crippen LogP contribution in [0.5, 0.6) is 0 Å². The number of hydrogen-bond donors (Lipinski definition) is 1. The Morgan fingerprint density at radius 1 is 1.03 bits per heavy atom. The van der Waals surface area contributed by atoms with Gasteiger partial charge in [0.15, 0.2) is 6.61 Å². The molecular weight excluding hydrogens is 404 g/mol. The molecule has 8 heteroatoms. The molecule has 1 aliphatic heterocycles. The molecule has 0 spiro atoms. The third kappa shape index (κ3) is 5.06. The van der Waals surface area contributed by atoms with Gasteiger partial charge in [0.05, 0.1) is 4.90 Å². The maximum atomic E-state index is 12.9.